The molecule has 0 saturated carbocycles. The van der Waals surface area contributed by atoms with Crippen molar-refractivity contribution in [1.82, 2.24) is 4.98 Å². The monoisotopic (exact) mass is 207 g/mol. The molecule has 0 radical (unpaired) electrons. The third-order valence-electron chi connectivity index (χ3n) is 1.98. The van der Waals surface area contributed by atoms with Crippen molar-refractivity contribution >= 4 is 22.7 Å². The summed E-state index contributed by atoms with van der Waals surface area (Å²) in [5.41, 5.74) is 2.93. The highest BCUT2D eigenvalue weighted by molar-refractivity contribution is 6.48. The number of rotatable bonds is 3. The fourth-order valence-corrected chi connectivity index (χ4v) is 1.54. The Labute approximate surface area is 90.1 Å². The van der Waals surface area contributed by atoms with E-state index in [1.54, 1.807) is 12.3 Å². The van der Waals surface area contributed by atoms with Crippen LogP contribution in [0.1, 0.15) is 30.2 Å². The van der Waals surface area contributed by atoms with Gasteiger partial charge in [0.05, 0.1) is 0 Å². The Morgan fingerprint density at radius 2 is 2.36 bits per heavy atom. The summed E-state index contributed by atoms with van der Waals surface area (Å²) in [4.78, 5) is 4.26. The summed E-state index contributed by atoms with van der Waals surface area (Å²) in [7, 11) is 0. The summed E-state index contributed by atoms with van der Waals surface area (Å²) in [6.45, 7) is 7.71. The molecule has 74 valence electrons. The van der Waals surface area contributed by atoms with Gasteiger partial charge < -0.3 is 0 Å². The number of halogens is 1. The van der Waals surface area contributed by atoms with Crippen LogP contribution in [0.3, 0.4) is 0 Å². The Morgan fingerprint density at radius 1 is 1.64 bits per heavy atom. The molecule has 1 nitrogen and oxygen atoms in total. The van der Waals surface area contributed by atoms with E-state index in [9.17, 15) is 0 Å². The van der Waals surface area contributed by atoms with Gasteiger partial charge in [0.1, 0.15) is 0 Å². The van der Waals surface area contributed by atoms with Gasteiger partial charge in [-0.1, -0.05) is 37.3 Å². The van der Waals surface area contributed by atoms with Crippen LogP contribution in [0.2, 0.25) is 0 Å². The Morgan fingerprint density at radius 3 is 2.93 bits per heavy atom. The summed E-state index contributed by atoms with van der Waals surface area (Å²) in [6.07, 6.45) is 6.48. The molecule has 1 rings (SSSR count). The van der Waals surface area contributed by atoms with Gasteiger partial charge in [-0.15, -0.1) is 0 Å². The molecule has 1 heterocycles. The highest BCUT2D eigenvalue weighted by atomic mass is 35.5. The third kappa shape index (κ3) is 2.46. The molecule has 1 aromatic rings. The lowest BCUT2D eigenvalue weighted by atomic mass is 10.1. The van der Waals surface area contributed by atoms with Crippen LogP contribution < -0.4 is 0 Å². The normalized spacial score (nSPS) is 11.5. The van der Waals surface area contributed by atoms with Gasteiger partial charge in [0.2, 0.25) is 0 Å². The minimum atomic E-state index is 0.765. The van der Waals surface area contributed by atoms with Crippen molar-refractivity contribution in [3.05, 3.63) is 41.7 Å². The average molecular weight is 208 g/mol. The molecule has 0 fully saturated rings. The first kappa shape index (κ1) is 11.0. The lowest BCUT2D eigenvalue weighted by molar-refractivity contribution is 1.17. The molecule has 2 heteroatoms. The average Bonchev–Trinajstić information content (AvgIpc) is 2.19. The molecule has 14 heavy (non-hydrogen) atoms. The van der Waals surface area contributed by atoms with Crippen molar-refractivity contribution < 1.29 is 0 Å². The molecule has 1 aromatic heterocycles. The molecule has 0 atom stereocenters. The zero-order chi connectivity index (χ0) is 10.6. The number of allylic oxidation sites excluding steroid dienone is 1. The van der Waals surface area contributed by atoms with Gasteiger partial charge in [-0.25, -0.2) is 0 Å². The zero-order valence-corrected chi connectivity index (χ0v) is 9.30. The molecule has 0 aromatic carbocycles. The van der Waals surface area contributed by atoms with Gasteiger partial charge in [-0.05, 0) is 25.0 Å². The van der Waals surface area contributed by atoms with E-state index >= 15 is 0 Å². The fraction of sp³-hybridized carbons (Fsp3) is 0.250. The van der Waals surface area contributed by atoms with E-state index in [0.717, 1.165) is 28.3 Å². The standard InChI is InChI=1S/C12H14ClN/c1-4-6-12(13)11-7-10(5-2)8-14-9(11)3/h5-8H,2,4H2,1,3H3/b12-6+. The summed E-state index contributed by atoms with van der Waals surface area (Å²) in [6, 6.07) is 2.00. The van der Waals surface area contributed by atoms with Crippen LogP contribution in [0.4, 0.5) is 0 Å². The van der Waals surface area contributed by atoms with Crippen LogP contribution in [0, 0.1) is 6.92 Å². The highest BCUT2D eigenvalue weighted by Gasteiger charge is 2.03. The Bertz CT molecular complexity index is 367. The second kappa shape index (κ2) is 4.97. The Hall–Kier alpha value is -1.08. The quantitative estimate of drug-likeness (QED) is 0.730. The topological polar surface area (TPSA) is 12.9 Å². The van der Waals surface area contributed by atoms with E-state index in [4.69, 9.17) is 11.6 Å². The molecule has 0 spiro atoms. The maximum atomic E-state index is 6.13. The maximum Gasteiger partial charge on any atom is 0.0460 e. The van der Waals surface area contributed by atoms with Gasteiger partial charge in [0.25, 0.3) is 0 Å². The lowest BCUT2D eigenvalue weighted by Crippen LogP contribution is -1.90. The first-order valence-corrected chi connectivity index (χ1v) is 5.02. The fourth-order valence-electron chi connectivity index (χ4n) is 1.19. The number of hydrogen-bond donors (Lipinski definition) is 0. The lowest BCUT2D eigenvalue weighted by Gasteiger charge is -2.04. The first-order valence-electron chi connectivity index (χ1n) is 4.64. The molecular formula is C12H14ClN. The van der Waals surface area contributed by atoms with Crippen LogP contribution in [0.15, 0.2) is 24.9 Å². The van der Waals surface area contributed by atoms with Gasteiger partial charge in [-0.2, -0.15) is 0 Å². The molecule has 0 aliphatic heterocycles. The van der Waals surface area contributed by atoms with Crippen LogP contribution in [0.25, 0.3) is 11.1 Å². The predicted molar refractivity (Wildman–Crippen MR) is 63.2 cm³/mol. The second-order valence-corrected chi connectivity index (χ2v) is 3.47. The van der Waals surface area contributed by atoms with Crippen LogP contribution in [-0.2, 0) is 0 Å². The van der Waals surface area contributed by atoms with E-state index in [-0.39, 0.29) is 0 Å². The van der Waals surface area contributed by atoms with Crippen LogP contribution in [0.5, 0.6) is 0 Å². The van der Waals surface area contributed by atoms with Gasteiger partial charge in [-0.3, -0.25) is 4.98 Å². The minimum absolute atomic E-state index is 0.765. The van der Waals surface area contributed by atoms with E-state index in [0.29, 0.717) is 0 Å². The summed E-state index contributed by atoms with van der Waals surface area (Å²) in [5.74, 6) is 0. The summed E-state index contributed by atoms with van der Waals surface area (Å²) >= 11 is 6.13. The van der Waals surface area contributed by atoms with Crippen molar-refractivity contribution in [2.24, 2.45) is 0 Å². The van der Waals surface area contributed by atoms with Crippen molar-refractivity contribution in [2.75, 3.05) is 0 Å². The molecule has 0 bridgehead atoms. The minimum Gasteiger partial charge on any atom is -0.260 e. The third-order valence-corrected chi connectivity index (χ3v) is 2.34. The van der Waals surface area contributed by atoms with E-state index < -0.39 is 0 Å². The van der Waals surface area contributed by atoms with Gasteiger partial charge in [0.15, 0.2) is 0 Å². The SMILES string of the molecule is C=Cc1cnc(C)c(/C(Cl)=C\CC)c1. The molecule has 0 N–H and O–H groups in total. The molecule has 0 aliphatic carbocycles. The molecule has 0 saturated heterocycles. The first-order chi connectivity index (χ1) is 6.69. The number of pyridine rings is 1. The summed E-state index contributed by atoms with van der Waals surface area (Å²) < 4.78 is 0. The van der Waals surface area contributed by atoms with E-state index in [1.807, 2.05) is 19.1 Å². The maximum absolute atomic E-state index is 6.13. The van der Waals surface area contributed by atoms with Crippen molar-refractivity contribution in [1.29, 1.82) is 0 Å². The largest absolute Gasteiger partial charge is 0.260 e. The number of nitrogens with zero attached hydrogens (tertiary/aromatic N) is 1. The van der Waals surface area contributed by atoms with Crippen molar-refractivity contribution in [3.63, 3.8) is 0 Å². The van der Waals surface area contributed by atoms with Gasteiger partial charge >= 0.3 is 0 Å². The van der Waals surface area contributed by atoms with Crippen LogP contribution >= 0.6 is 11.6 Å². The van der Waals surface area contributed by atoms with Crippen LogP contribution in [-0.4, -0.2) is 4.98 Å². The molecular weight excluding hydrogens is 194 g/mol. The Balaban J connectivity index is 3.18. The van der Waals surface area contributed by atoms with Crippen molar-refractivity contribution in [3.8, 4) is 0 Å². The van der Waals surface area contributed by atoms with E-state index in [1.165, 1.54) is 0 Å². The zero-order valence-electron chi connectivity index (χ0n) is 8.55. The second-order valence-electron chi connectivity index (χ2n) is 3.07. The van der Waals surface area contributed by atoms with Crippen molar-refractivity contribution in [2.45, 2.75) is 20.3 Å². The number of aromatic nitrogens is 1. The smallest absolute Gasteiger partial charge is 0.0460 e. The molecule has 0 aliphatic rings. The molecule has 0 unspecified atom stereocenters. The predicted octanol–water partition coefficient (Wildman–Crippen LogP) is 4.02. The number of aryl methyl sites for hydroxylation is 1. The van der Waals surface area contributed by atoms with Gasteiger partial charge in [0, 0.05) is 22.5 Å². The molecule has 0 amide bonds. The highest BCUT2D eigenvalue weighted by Crippen LogP contribution is 2.23. The Kier molecular flexibility index (Phi) is 3.90. The summed E-state index contributed by atoms with van der Waals surface area (Å²) in [5, 5.41) is 0.765. The van der Waals surface area contributed by atoms with E-state index in [2.05, 4.69) is 18.5 Å². The number of hydrogen-bond acceptors (Lipinski definition) is 1.